The van der Waals surface area contributed by atoms with E-state index in [4.69, 9.17) is 4.74 Å². The number of rotatable bonds is 10. The Balaban J connectivity index is 1.26. The number of hydrogen-bond donors (Lipinski definition) is 1. The van der Waals surface area contributed by atoms with Crippen LogP contribution in [-0.4, -0.2) is 57.8 Å². The first-order chi connectivity index (χ1) is 17.3. The summed E-state index contributed by atoms with van der Waals surface area (Å²) in [5.41, 5.74) is 0.212. The molecule has 0 bridgehead atoms. The number of carbonyl (C=O) groups excluding carboxylic acids is 1. The number of amides is 1. The van der Waals surface area contributed by atoms with Crippen molar-refractivity contribution in [2.75, 3.05) is 30.4 Å². The molecule has 10 nitrogen and oxygen atoms in total. The average Bonchev–Trinajstić information content (AvgIpc) is 3.49. The maximum absolute atomic E-state index is 12.7. The number of alkyl halides is 3. The van der Waals surface area contributed by atoms with E-state index >= 15 is 0 Å². The summed E-state index contributed by atoms with van der Waals surface area (Å²) in [7, 11) is 1.29. The molecule has 0 spiro atoms. The largest absolute Gasteiger partial charge is 0.573 e. The molecule has 1 fully saturated rings. The highest BCUT2D eigenvalue weighted by molar-refractivity contribution is 7.15. The van der Waals surface area contributed by atoms with Crippen molar-refractivity contribution in [3.63, 3.8) is 0 Å². The molecule has 2 aromatic heterocycles. The van der Waals surface area contributed by atoms with Gasteiger partial charge in [0, 0.05) is 26.6 Å². The number of nitrogens with zero attached hydrogens (tertiary/aromatic N) is 6. The number of aryl methyl sites for hydroxylation is 1. The molecule has 192 valence electrons. The monoisotopic (exact) mass is 523 g/mol. The van der Waals surface area contributed by atoms with Crippen LogP contribution in [0.1, 0.15) is 35.9 Å². The molecule has 3 heterocycles. The van der Waals surface area contributed by atoms with Gasteiger partial charge in [0.2, 0.25) is 11.1 Å². The van der Waals surface area contributed by atoms with E-state index in [1.54, 1.807) is 12.4 Å². The van der Waals surface area contributed by atoms with Crippen LogP contribution < -0.4 is 15.0 Å². The van der Waals surface area contributed by atoms with Crippen LogP contribution in [0.4, 0.5) is 24.3 Å². The summed E-state index contributed by atoms with van der Waals surface area (Å²) in [6.45, 7) is 1.79. The Bertz CT molecular complexity index is 1150. The van der Waals surface area contributed by atoms with E-state index in [9.17, 15) is 18.0 Å². The molecule has 4 rings (SSSR count). The lowest BCUT2D eigenvalue weighted by Gasteiger charge is -2.16. The minimum Gasteiger partial charge on any atom is -0.406 e. The maximum atomic E-state index is 12.7. The van der Waals surface area contributed by atoms with Gasteiger partial charge in [0.15, 0.2) is 6.10 Å². The van der Waals surface area contributed by atoms with Crippen molar-refractivity contribution < 1.29 is 27.4 Å². The van der Waals surface area contributed by atoms with E-state index < -0.39 is 24.1 Å². The molecule has 0 aliphatic carbocycles. The molecular formula is C22H24F3N7O3S. The Morgan fingerprint density at radius 2 is 2.14 bits per heavy atom. The highest BCUT2D eigenvalue weighted by Gasteiger charge is 2.32. The van der Waals surface area contributed by atoms with Crippen molar-refractivity contribution in [2.24, 2.45) is 5.92 Å². The fourth-order valence-corrected chi connectivity index (χ4v) is 4.81. The van der Waals surface area contributed by atoms with Gasteiger partial charge in [-0.15, -0.1) is 28.5 Å². The second-order valence-corrected chi connectivity index (χ2v) is 9.22. The van der Waals surface area contributed by atoms with Gasteiger partial charge in [0.05, 0.1) is 12.4 Å². The minimum atomic E-state index is -4.84. The number of aromatic nitrogens is 5. The SMILES string of the molecule is COC(C(=O)Nc1nnc(CCCC2CCN(c3nccnn3)C2)s1)c1cccc(OC(F)(F)F)c1. The lowest BCUT2D eigenvalue weighted by Crippen LogP contribution is -2.23. The Morgan fingerprint density at radius 1 is 1.28 bits per heavy atom. The summed E-state index contributed by atoms with van der Waals surface area (Å²) in [5.74, 6) is 0.165. The summed E-state index contributed by atoms with van der Waals surface area (Å²) in [6, 6.07) is 5.09. The molecule has 1 N–H and O–H groups in total. The molecule has 14 heteroatoms. The zero-order valence-corrected chi connectivity index (χ0v) is 20.1. The van der Waals surface area contributed by atoms with Crippen molar-refractivity contribution in [1.29, 1.82) is 0 Å². The van der Waals surface area contributed by atoms with Gasteiger partial charge in [-0.2, -0.15) is 5.10 Å². The summed E-state index contributed by atoms with van der Waals surface area (Å²) >= 11 is 1.25. The summed E-state index contributed by atoms with van der Waals surface area (Å²) < 4.78 is 46.7. The van der Waals surface area contributed by atoms with Crippen molar-refractivity contribution in [2.45, 2.75) is 38.1 Å². The van der Waals surface area contributed by atoms with Gasteiger partial charge in [-0.1, -0.05) is 23.5 Å². The van der Waals surface area contributed by atoms with Crippen LogP contribution in [0.5, 0.6) is 5.75 Å². The number of nitrogens with one attached hydrogen (secondary N) is 1. The molecule has 1 aliphatic heterocycles. The van der Waals surface area contributed by atoms with E-state index in [2.05, 4.69) is 40.3 Å². The molecule has 3 aromatic rings. The quantitative estimate of drug-likeness (QED) is 0.424. The molecule has 1 amide bonds. The van der Waals surface area contributed by atoms with Crippen molar-refractivity contribution in [3.8, 4) is 5.75 Å². The number of ether oxygens (including phenoxy) is 2. The van der Waals surface area contributed by atoms with Crippen LogP contribution in [0, 0.1) is 5.92 Å². The first kappa shape index (κ1) is 25.7. The lowest BCUT2D eigenvalue weighted by atomic mass is 10.0. The molecule has 1 saturated heterocycles. The van der Waals surface area contributed by atoms with Gasteiger partial charge in [0.25, 0.3) is 5.91 Å². The van der Waals surface area contributed by atoms with Crippen LogP contribution in [0.15, 0.2) is 36.7 Å². The summed E-state index contributed by atoms with van der Waals surface area (Å²) in [5, 5.41) is 19.8. The summed E-state index contributed by atoms with van der Waals surface area (Å²) in [6.07, 6.45) is 0.912. The first-order valence-electron chi connectivity index (χ1n) is 11.2. The van der Waals surface area contributed by atoms with Gasteiger partial charge in [-0.25, -0.2) is 4.98 Å². The van der Waals surface area contributed by atoms with E-state index in [-0.39, 0.29) is 5.56 Å². The predicted octanol–water partition coefficient (Wildman–Crippen LogP) is 3.80. The van der Waals surface area contributed by atoms with Crippen LogP contribution in [0.25, 0.3) is 0 Å². The van der Waals surface area contributed by atoms with Crippen LogP contribution in [0.3, 0.4) is 0 Å². The Labute approximate surface area is 208 Å². The third-order valence-corrected chi connectivity index (χ3v) is 6.51. The Morgan fingerprint density at radius 3 is 2.89 bits per heavy atom. The number of hydrogen-bond acceptors (Lipinski definition) is 10. The number of benzene rings is 1. The topological polar surface area (TPSA) is 115 Å². The second-order valence-electron chi connectivity index (χ2n) is 8.16. The maximum Gasteiger partial charge on any atom is 0.573 e. The van der Waals surface area contributed by atoms with Crippen LogP contribution in [0.2, 0.25) is 0 Å². The van der Waals surface area contributed by atoms with Gasteiger partial charge >= 0.3 is 6.36 Å². The number of carbonyl (C=O) groups is 1. The average molecular weight is 524 g/mol. The second kappa shape index (κ2) is 11.6. The van der Waals surface area contributed by atoms with Crippen molar-refractivity contribution >= 4 is 28.3 Å². The fraction of sp³-hybridized carbons (Fsp3) is 0.455. The number of methoxy groups -OCH3 is 1. The summed E-state index contributed by atoms with van der Waals surface area (Å²) in [4.78, 5) is 19.1. The Kier molecular flexibility index (Phi) is 8.25. The zero-order valence-electron chi connectivity index (χ0n) is 19.3. The molecule has 36 heavy (non-hydrogen) atoms. The molecule has 1 aromatic carbocycles. The number of halogens is 3. The standard InChI is InChI=1S/C22H24F3N7O3S/c1-34-18(15-5-3-6-16(12-15)35-22(23,24)25)19(33)28-21-31-29-17(36-21)7-2-4-14-8-11-32(13-14)20-26-9-10-27-30-20/h3,5-6,9-10,12,14,18H,2,4,7-8,11,13H2,1H3,(H,28,31,33). The van der Waals surface area contributed by atoms with Crippen molar-refractivity contribution in [3.05, 3.63) is 47.2 Å². The van der Waals surface area contributed by atoms with Crippen LogP contribution >= 0.6 is 11.3 Å². The third kappa shape index (κ3) is 7.07. The smallest absolute Gasteiger partial charge is 0.406 e. The van der Waals surface area contributed by atoms with E-state index in [0.29, 0.717) is 17.0 Å². The molecular weight excluding hydrogens is 499 g/mol. The van der Waals surface area contributed by atoms with Gasteiger partial charge in [0.1, 0.15) is 10.8 Å². The molecule has 0 radical (unpaired) electrons. The van der Waals surface area contributed by atoms with E-state index in [1.807, 2.05) is 0 Å². The zero-order chi connectivity index (χ0) is 25.5. The normalized spacial score (nSPS) is 16.7. The molecule has 1 aliphatic rings. The van der Waals surface area contributed by atoms with Crippen LogP contribution in [-0.2, 0) is 16.0 Å². The van der Waals surface area contributed by atoms with E-state index in [0.717, 1.165) is 55.9 Å². The molecule has 2 unspecified atom stereocenters. The highest BCUT2D eigenvalue weighted by atomic mass is 32.1. The van der Waals surface area contributed by atoms with E-state index in [1.165, 1.54) is 30.6 Å². The third-order valence-electron chi connectivity index (χ3n) is 5.61. The predicted molar refractivity (Wildman–Crippen MR) is 124 cm³/mol. The van der Waals surface area contributed by atoms with Gasteiger partial charge in [-0.05, 0) is 42.9 Å². The van der Waals surface area contributed by atoms with Crippen molar-refractivity contribution in [1.82, 2.24) is 25.4 Å². The highest BCUT2D eigenvalue weighted by Crippen LogP contribution is 2.29. The number of anilines is 2. The molecule has 2 atom stereocenters. The fourth-order valence-electron chi connectivity index (χ4n) is 4.02. The first-order valence-corrected chi connectivity index (χ1v) is 12.0. The van der Waals surface area contributed by atoms with Gasteiger partial charge in [-0.3, -0.25) is 10.1 Å². The molecule has 0 saturated carbocycles. The Hall–Kier alpha value is -3.39. The van der Waals surface area contributed by atoms with Gasteiger partial charge < -0.3 is 14.4 Å². The minimum absolute atomic E-state index is 0.212. The lowest BCUT2D eigenvalue weighted by molar-refractivity contribution is -0.274.